The van der Waals surface area contributed by atoms with Gasteiger partial charge in [-0.2, -0.15) is 0 Å². The Morgan fingerprint density at radius 1 is 1.53 bits per heavy atom. The van der Waals surface area contributed by atoms with E-state index in [0.717, 1.165) is 25.9 Å². The standard InChI is InChI=1S/C11H22N2O2/c1-9(8-15-2)13-11(14)7-10-3-5-12-6-4-10/h9-10,12H,3-8H2,1-2H3,(H,13,14). The fourth-order valence-electron chi connectivity index (χ4n) is 1.97. The summed E-state index contributed by atoms with van der Waals surface area (Å²) in [6.45, 7) is 4.64. The van der Waals surface area contributed by atoms with Crippen molar-refractivity contribution in [3.05, 3.63) is 0 Å². The number of carbonyl (C=O) groups excluding carboxylic acids is 1. The average molecular weight is 214 g/mol. The topological polar surface area (TPSA) is 50.4 Å². The van der Waals surface area contributed by atoms with Crippen molar-refractivity contribution in [1.29, 1.82) is 0 Å². The second kappa shape index (κ2) is 6.80. The minimum absolute atomic E-state index is 0.115. The van der Waals surface area contributed by atoms with E-state index in [2.05, 4.69) is 10.6 Å². The molecule has 0 saturated carbocycles. The van der Waals surface area contributed by atoms with Crippen molar-refractivity contribution in [3.8, 4) is 0 Å². The summed E-state index contributed by atoms with van der Waals surface area (Å²) in [4.78, 5) is 11.6. The molecule has 0 aromatic carbocycles. The van der Waals surface area contributed by atoms with Crippen LogP contribution >= 0.6 is 0 Å². The Hall–Kier alpha value is -0.610. The van der Waals surface area contributed by atoms with Crippen LogP contribution in [0.3, 0.4) is 0 Å². The predicted molar refractivity (Wildman–Crippen MR) is 59.7 cm³/mol. The van der Waals surface area contributed by atoms with Gasteiger partial charge in [-0.05, 0) is 38.8 Å². The summed E-state index contributed by atoms with van der Waals surface area (Å²) in [5.41, 5.74) is 0. The number of rotatable bonds is 5. The smallest absolute Gasteiger partial charge is 0.220 e. The summed E-state index contributed by atoms with van der Waals surface area (Å²) >= 11 is 0. The molecular weight excluding hydrogens is 192 g/mol. The zero-order chi connectivity index (χ0) is 11.1. The Morgan fingerprint density at radius 2 is 2.20 bits per heavy atom. The molecule has 1 heterocycles. The molecule has 2 N–H and O–H groups in total. The highest BCUT2D eigenvalue weighted by Gasteiger charge is 2.17. The van der Waals surface area contributed by atoms with Gasteiger partial charge in [-0.1, -0.05) is 0 Å². The second-order valence-corrected chi connectivity index (χ2v) is 4.32. The van der Waals surface area contributed by atoms with Crippen LogP contribution in [0.15, 0.2) is 0 Å². The molecule has 1 amide bonds. The lowest BCUT2D eigenvalue weighted by Crippen LogP contribution is -2.38. The van der Waals surface area contributed by atoms with Crippen molar-refractivity contribution in [1.82, 2.24) is 10.6 Å². The largest absolute Gasteiger partial charge is 0.383 e. The quantitative estimate of drug-likeness (QED) is 0.702. The zero-order valence-corrected chi connectivity index (χ0v) is 9.71. The first kappa shape index (κ1) is 12.5. The summed E-state index contributed by atoms with van der Waals surface area (Å²) in [5.74, 6) is 0.715. The van der Waals surface area contributed by atoms with E-state index in [-0.39, 0.29) is 11.9 Å². The van der Waals surface area contributed by atoms with Crippen molar-refractivity contribution in [2.24, 2.45) is 5.92 Å². The highest BCUT2D eigenvalue weighted by Crippen LogP contribution is 2.15. The molecule has 4 heteroatoms. The molecule has 1 atom stereocenters. The van der Waals surface area contributed by atoms with Crippen molar-refractivity contribution in [3.63, 3.8) is 0 Å². The van der Waals surface area contributed by atoms with E-state index >= 15 is 0 Å². The number of hydrogen-bond donors (Lipinski definition) is 2. The van der Waals surface area contributed by atoms with Crippen molar-refractivity contribution < 1.29 is 9.53 Å². The molecule has 1 saturated heterocycles. The number of amides is 1. The van der Waals surface area contributed by atoms with Gasteiger partial charge in [-0.25, -0.2) is 0 Å². The molecule has 1 aliphatic heterocycles. The Labute approximate surface area is 91.8 Å². The van der Waals surface area contributed by atoms with Crippen LogP contribution in [0.25, 0.3) is 0 Å². The second-order valence-electron chi connectivity index (χ2n) is 4.32. The van der Waals surface area contributed by atoms with Gasteiger partial charge in [0.15, 0.2) is 0 Å². The van der Waals surface area contributed by atoms with Crippen molar-refractivity contribution in [2.75, 3.05) is 26.8 Å². The first-order valence-electron chi connectivity index (χ1n) is 5.71. The number of nitrogens with one attached hydrogen (secondary N) is 2. The first-order valence-corrected chi connectivity index (χ1v) is 5.71. The molecule has 1 rings (SSSR count). The molecule has 15 heavy (non-hydrogen) atoms. The van der Waals surface area contributed by atoms with Crippen LogP contribution in [0.1, 0.15) is 26.2 Å². The number of ether oxygens (including phenoxy) is 1. The van der Waals surface area contributed by atoms with E-state index < -0.39 is 0 Å². The van der Waals surface area contributed by atoms with E-state index in [0.29, 0.717) is 18.9 Å². The first-order chi connectivity index (χ1) is 7.22. The van der Waals surface area contributed by atoms with Crippen LogP contribution in [-0.2, 0) is 9.53 Å². The molecule has 1 unspecified atom stereocenters. The summed E-state index contributed by atoms with van der Waals surface area (Å²) in [7, 11) is 1.65. The van der Waals surface area contributed by atoms with Gasteiger partial charge in [-0.15, -0.1) is 0 Å². The van der Waals surface area contributed by atoms with Crippen LogP contribution in [0.4, 0.5) is 0 Å². The minimum atomic E-state index is 0.115. The maximum absolute atomic E-state index is 11.6. The third-order valence-corrected chi connectivity index (χ3v) is 2.76. The number of carbonyl (C=O) groups is 1. The SMILES string of the molecule is COCC(C)NC(=O)CC1CCNCC1. The third kappa shape index (κ3) is 5.14. The van der Waals surface area contributed by atoms with Gasteiger partial charge < -0.3 is 15.4 Å². The maximum Gasteiger partial charge on any atom is 0.220 e. The summed E-state index contributed by atoms with van der Waals surface area (Å²) in [5, 5.41) is 6.24. The predicted octanol–water partition coefficient (Wildman–Crippen LogP) is 0.527. The molecule has 0 aromatic heterocycles. The van der Waals surface area contributed by atoms with Crippen LogP contribution in [0.5, 0.6) is 0 Å². The highest BCUT2D eigenvalue weighted by atomic mass is 16.5. The number of piperidine rings is 1. The Bertz CT molecular complexity index is 191. The van der Waals surface area contributed by atoms with Gasteiger partial charge in [-0.3, -0.25) is 4.79 Å². The van der Waals surface area contributed by atoms with E-state index in [1.165, 1.54) is 0 Å². The molecule has 0 aliphatic carbocycles. The Balaban J connectivity index is 2.16. The zero-order valence-electron chi connectivity index (χ0n) is 9.71. The Kier molecular flexibility index (Phi) is 5.65. The highest BCUT2D eigenvalue weighted by molar-refractivity contribution is 5.76. The lowest BCUT2D eigenvalue weighted by molar-refractivity contribution is -0.123. The maximum atomic E-state index is 11.6. The molecule has 0 bridgehead atoms. The van der Waals surface area contributed by atoms with Crippen LogP contribution < -0.4 is 10.6 Å². The van der Waals surface area contributed by atoms with Crippen LogP contribution in [0.2, 0.25) is 0 Å². The normalized spacial score (nSPS) is 19.9. The molecule has 1 fully saturated rings. The van der Waals surface area contributed by atoms with Gasteiger partial charge in [0.2, 0.25) is 5.91 Å². The van der Waals surface area contributed by atoms with Gasteiger partial charge >= 0.3 is 0 Å². The lowest BCUT2D eigenvalue weighted by Gasteiger charge is -2.22. The molecule has 0 aromatic rings. The molecule has 88 valence electrons. The van der Waals surface area contributed by atoms with Crippen molar-refractivity contribution >= 4 is 5.91 Å². The van der Waals surface area contributed by atoms with E-state index in [1.54, 1.807) is 7.11 Å². The van der Waals surface area contributed by atoms with Gasteiger partial charge in [0.05, 0.1) is 6.61 Å². The van der Waals surface area contributed by atoms with Gasteiger partial charge in [0.1, 0.15) is 0 Å². The fourth-order valence-corrected chi connectivity index (χ4v) is 1.97. The summed E-state index contributed by atoms with van der Waals surface area (Å²) in [6, 6.07) is 0.115. The van der Waals surface area contributed by atoms with Crippen LogP contribution in [0, 0.1) is 5.92 Å². The van der Waals surface area contributed by atoms with Crippen LogP contribution in [-0.4, -0.2) is 38.8 Å². The van der Waals surface area contributed by atoms with E-state index in [9.17, 15) is 4.79 Å². The number of hydrogen-bond acceptors (Lipinski definition) is 3. The fraction of sp³-hybridized carbons (Fsp3) is 0.909. The van der Waals surface area contributed by atoms with Gasteiger partial charge in [0, 0.05) is 19.6 Å². The third-order valence-electron chi connectivity index (χ3n) is 2.76. The lowest BCUT2D eigenvalue weighted by atomic mass is 9.94. The summed E-state index contributed by atoms with van der Waals surface area (Å²) < 4.78 is 4.97. The molecule has 0 radical (unpaired) electrons. The number of methoxy groups -OCH3 is 1. The molecular formula is C11H22N2O2. The summed E-state index contributed by atoms with van der Waals surface area (Å²) in [6.07, 6.45) is 2.90. The molecule has 0 spiro atoms. The monoisotopic (exact) mass is 214 g/mol. The van der Waals surface area contributed by atoms with E-state index in [1.807, 2.05) is 6.92 Å². The Morgan fingerprint density at radius 3 is 2.80 bits per heavy atom. The molecule has 1 aliphatic rings. The minimum Gasteiger partial charge on any atom is -0.383 e. The van der Waals surface area contributed by atoms with E-state index in [4.69, 9.17) is 4.74 Å². The van der Waals surface area contributed by atoms with Crippen molar-refractivity contribution in [2.45, 2.75) is 32.2 Å². The molecule has 4 nitrogen and oxygen atoms in total. The average Bonchev–Trinajstić information content (AvgIpc) is 2.19. The van der Waals surface area contributed by atoms with Gasteiger partial charge in [0.25, 0.3) is 0 Å².